The molecule has 0 rings (SSSR count). The van der Waals surface area contributed by atoms with Gasteiger partial charge in [-0.25, -0.2) is 0 Å². The Labute approximate surface area is 55.5 Å². The van der Waals surface area contributed by atoms with Crippen molar-refractivity contribution in [3.05, 3.63) is 12.3 Å². The van der Waals surface area contributed by atoms with Gasteiger partial charge in [-0.3, -0.25) is 0 Å². The third-order valence-electron chi connectivity index (χ3n) is 0.149. The van der Waals surface area contributed by atoms with E-state index in [2.05, 4.69) is 0 Å². The molecule has 5 heavy (non-hydrogen) atoms. The monoisotopic (exact) mass is 82.0 g/mol. The minimum atomic E-state index is 0. The molecule has 26 valence electrons. The van der Waals surface area contributed by atoms with E-state index in [4.69, 9.17) is 5.11 Å². The van der Waals surface area contributed by atoms with Crippen molar-refractivity contribution < 1.29 is 36.1 Å². The van der Waals surface area contributed by atoms with Gasteiger partial charge in [0.2, 0.25) is 0 Å². The average Bonchev–Trinajstić information content (AvgIpc) is 1.37. The van der Waals surface area contributed by atoms with E-state index in [1.165, 1.54) is 0 Å². The van der Waals surface area contributed by atoms with E-state index < -0.39 is 0 Å². The zero-order chi connectivity index (χ0) is 3.41. The predicted octanol–water partition coefficient (Wildman–Crippen LogP) is -1.81. The first-order chi connectivity index (χ1) is 1.91. The SMILES string of the molecule is CC=CO.[H-].[Na+]. The molecule has 0 atom stereocenters. The molecule has 0 aromatic heterocycles. The largest absolute Gasteiger partial charge is 1.00 e. The van der Waals surface area contributed by atoms with Gasteiger partial charge < -0.3 is 6.53 Å². The molecule has 0 spiro atoms. The summed E-state index contributed by atoms with van der Waals surface area (Å²) < 4.78 is 0. The molecule has 0 bridgehead atoms. The van der Waals surface area contributed by atoms with Crippen LogP contribution in [0.5, 0.6) is 0 Å². The van der Waals surface area contributed by atoms with Gasteiger partial charge in [-0.1, -0.05) is 6.08 Å². The van der Waals surface area contributed by atoms with E-state index in [0.717, 1.165) is 6.26 Å². The maximum absolute atomic E-state index is 7.69. The molecule has 0 aromatic carbocycles. The smallest absolute Gasteiger partial charge is 1.00 e. The van der Waals surface area contributed by atoms with Crippen LogP contribution in [0.4, 0.5) is 0 Å². The van der Waals surface area contributed by atoms with Gasteiger partial charge in [-0.2, -0.15) is 0 Å². The first-order valence-corrected chi connectivity index (χ1v) is 1.17. The van der Waals surface area contributed by atoms with Crippen molar-refractivity contribution in [2.75, 3.05) is 0 Å². The normalized spacial score (nSPS) is 7.40. The van der Waals surface area contributed by atoms with Crippen molar-refractivity contribution in [1.82, 2.24) is 0 Å². The van der Waals surface area contributed by atoms with Crippen LogP contribution in [-0.2, 0) is 0 Å². The van der Waals surface area contributed by atoms with E-state index in [0.29, 0.717) is 0 Å². The molecule has 0 aliphatic carbocycles. The van der Waals surface area contributed by atoms with Crippen LogP contribution in [0.2, 0.25) is 0 Å². The first kappa shape index (κ1) is 9.11. The summed E-state index contributed by atoms with van der Waals surface area (Å²) in [6, 6.07) is 0. The molecule has 0 aromatic rings. The maximum Gasteiger partial charge on any atom is 1.00 e. The van der Waals surface area contributed by atoms with Crippen molar-refractivity contribution >= 4 is 0 Å². The minimum absolute atomic E-state index is 0. The molecule has 0 aliphatic rings. The van der Waals surface area contributed by atoms with Crippen molar-refractivity contribution in [2.24, 2.45) is 0 Å². The van der Waals surface area contributed by atoms with E-state index in [-0.39, 0.29) is 31.0 Å². The Bertz CT molecular complexity index is 26.0. The fourth-order valence-electron chi connectivity index (χ4n) is 0. The molecule has 0 unspecified atom stereocenters. The summed E-state index contributed by atoms with van der Waals surface area (Å²) in [5.74, 6) is 0. The second-order valence-electron chi connectivity index (χ2n) is 0.482. The summed E-state index contributed by atoms with van der Waals surface area (Å²) in [5.41, 5.74) is 0. The summed E-state index contributed by atoms with van der Waals surface area (Å²) >= 11 is 0. The maximum atomic E-state index is 7.69. The Balaban J connectivity index is -0.0000000450. The summed E-state index contributed by atoms with van der Waals surface area (Å²) in [4.78, 5) is 0. The molecule has 0 amide bonds. The Hall–Kier alpha value is 0.540. The van der Waals surface area contributed by atoms with Gasteiger partial charge in [0.25, 0.3) is 0 Å². The molecule has 0 fully saturated rings. The van der Waals surface area contributed by atoms with Gasteiger partial charge in [0, 0.05) is 0 Å². The van der Waals surface area contributed by atoms with Crippen molar-refractivity contribution in [3.63, 3.8) is 0 Å². The number of aliphatic hydroxyl groups is 1. The molecule has 0 heterocycles. The minimum Gasteiger partial charge on any atom is -1.00 e. The summed E-state index contributed by atoms with van der Waals surface area (Å²) in [5, 5.41) is 7.69. The molecule has 0 radical (unpaired) electrons. The zero-order valence-electron chi connectivity index (χ0n) is 4.60. The van der Waals surface area contributed by atoms with Gasteiger partial charge in [0.05, 0.1) is 6.26 Å². The quantitative estimate of drug-likeness (QED) is 0.270. The second kappa shape index (κ2) is 8.82. The van der Waals surface area contributed by atoms with Crippen molar-refractivity contribution in [3.8, 4) is 0 Å². The number of aliphatic hydroxyl groups excluding tert-OH is 1. The molecule has 0 saturated carbocycles. The number of hydrogen-bond donors (Lipinski definition) is 1. The van der Waals surface area contributed by atoms with E-state index in [1.54, 1.807) is 13.0 Å². The summed E-state index contributed by atoms with van der Waals surface area (Å²) in [6.45, 7) is 1.75. The van der Waals surface area contributed by atoms with Crippen LogP contribution in [0.1, 0.15) is 8.35 Å². The van der Waals surface area contributed by atoms with Gasteiger partial charge in [0.1, 0.15) is 0 Å². The van der Waals surface area contributed by atoms with Crippen molar-refractivity contribution in [2.45, 2.75) is 6.92 Å². The van der Waals surface area contributed by atoms with Gasteiger partial charge >= 0.3 is 29.6 Å². The summed E-state index contributed by atoms with van der Waals surface area (Å²) in [6.07, 6.45) is 2.56. The number of allylic oxidation sites excluding steroid dienone is 1. The molecule has 0 aliphatic heterocycles. The fraction of sp³-hybridized carbons (Fsp3) is 0.333. The topological polar surface area (TPSA) is 20.2 Å². The van der Waals surface area contributed by atoms with Crippen molar-refractivity contribution in [1.29, 1.82) is 0 Å². The number of rotatable bonds is 0. The Morgan fingerprint density at radius 1 is 1.80 bits per heavy atom. The molecule has 0 saturated heterocycles. The Kier molecular flexibility index (Phi) is 16.1. The predicted molar refractivity (Wildman–Crippen MR) is 18.6 cm³/mol. The van der Waals surface area contributed by atoms with E-state index >= 15 is 0 Å². The summed E-state index contributed by atoms with van der Waals surface area (Å²) in [7, 11) is 0. The zero-order valence-corrected chi connectivity index (χ0v) is 5.60. The standard InChI is InChI=1S/C3H6O.Na.H/c1-2-3-4;;/h2-4H,1H3;;/q;+1;-1. The van der Waals surface area contributed by atoms with E-state index in [9.17, 15) is 0 Å². The van der Waals surface area contributed by atoms with E-state index in [1.807, 2.05) is 0 Å². The van der Waals surface area contributed by atoms with Crippen LogP contribution < -0.4 is 29.6 Å². The van der Waals surface area contributed by atoms with Gasteiger partial charge in [0.15, 0.2) is 0 Å². The third kappa shape index (κ3) is 12.4. The third-order valence-corrected chi connectivity index (χ3v) is 0.149. The van der Waals surface area contributed by atoms with Gasteiger partial charge in [-0.05, 0) is 6.92 Å². The second-order valence-corrected chi connectivity index (χ2v) is 0.482. The van der Waals surface area contributed by atoms with Crippen LogP contribution in [0.15, 0.2) is 12.3 Å². The van der Waals surface area contributed by atoms with Crippen LogP contribution in [0.25, 0.3) is 0 Å². The Morgan fingerprint density at radius 3 is 2.00 bits per heavy atom. The first-order valence-electron chi connectivity index (χ1n) is 1.17. The molecular formula is C3H7NaO. The van der Waals surface area contributed by atoms with Crippen LogP contribution in [0, 0.1) is 0 Å². The fourth-order valence-corrected chi connectivity index (χ4v) is 0. The average molecular weight is 82.1 g/mol. The molecule has 1 N–H and O–H groups in total. The molecular weight excluding hydrogens is 75.0 g/mol. The van der Waals surface area contributed by atoms with Crippen LogP contribution >= 0.6 is 0 Å². The molecule has 1 nitrogen and oxygen atoms in total. The molecule has 2 heteroatoms. The Morgan fingerprint density at radius 2 is 2.00 bits per heavy atom. The van der Waals surface area contributed by atoms with Gasteiger partial charge in [-0.15, -0.1) is 0 Å². The van der Waals surface area contributed by atoms with Crippen LogP contribution in [-0.4, -0.2) is 5.11 Å². The van der Waals surface area contributed by atoms with Crippen LogP contribution in [0.3, 0.4) is 0 Å². The number of hydrogen-bond acceptors (Lipinski definition) is 1.